The lowest BCUT2D eigenvalue weighted by Gasteiger charge is -2.26. The third kappa shape index (κ3) is 6.96. The summed E-state index contributed by atoms with van der Waals surface area (Å²) < 4.78 is 7.17. The largest absolute Gasteiger partial charge is 0.494 e. The van der Waals surface area contributed by atoms with E-state index in [0.29, 0.717) is 29.2 Å². The van der Waals surface area contributed by atoms with Crippen molar-refractivity contribution in [3.05, 3.63) is 64.5 Å². The van der Waals surface area contributed by atoms with Gasteiger partial charge < -0.3 is 25.0 Å². The Balaban J connectivity index is 1.97. The highest BCUT2D eigenvalue weighted by atomic mass is 16.5. The third-order valence-corrected chi connectivity index (χ3v) is 6.28. The van der Waals surface area contributed by atoms with Gasteiger partial charge in [-0.1, -0.05) is 38.1 Å². The number of nitrogens with one attached hydrogen (secondary N) is 1. The molecule has 0 bridgehead atoms. The molecule has 0 aliphatic carbocycles. The zero-order valence-electron chi connectivity index (χ0n) is 23.5. The lowest BCUT2D eigenvalue weighted by Crippen LogP contribution is -2.28. The van der Waals surface area contributed by atoms with Crippen LogP contribution in [0.3, 0.4) is 0 Å². The molecule has 2 aromatic carbocycles. The van der Waals surface area contributed by atoms with E-state index in [1.807, 2.05) is 27.1 Å². The molecule has 0 unspecified atom stereocenters. The van der Waals surface area contributed by atoms with Crippen LogP contribution in [0.15, 0.2) is 36.5 Å². The first-order chi connectivity index (χ1) is 17.8. The average molecular weight is 523 g/mol. The van der Waals surface area contributed by atoms with Crippen LogP contribution in [0.4, 0.5) is 5.69 Å². The molecule has 0 aliphatic heterocycles. The molecule has 204 valence electrons. The van der Waals surface area contributed by atoms with Crippen molar-refractivity contribution in [2.45, 2.75) is 39.7 Å². The lowest BCUT2D eigenvalue weighted by atomic mass is 9.85. The highest BCUT2D eigenvalue weighted by molar-refractivity contribution is 6.05. The minimum absolute atomic E-state index is 0.144. The molecular weight excluding hydrogens is 484 g/mol. The maximum absolute atomic E-state index is 13.4. The molecule has 0 radical (unpaired) electrons. The van der Waals surface area contributed by atoms with Crippen LogP contribution < -0.4 is 10.1 Å². The number of carbonyl (C=O) groups excluding carboxylic acids is 1. The fraction of sp³-hybridized carbons (Fsp3) is 0.429. The second-order valence-corrected chi connectivity index (χ2v) is 10.8. The van der Waals surface area contributed by atoms with Gasteiger partial charge in [-0.05, 0) is 62.8 Å². The number of nitrogens with zero attached hydrogens (tertiary/aromatic N) is 5. The number of hydrogen-bond donors (Lipinski definition) is 2. The lowest BCUT2D eigenvalue weighted by molar-refractivity contribution is 0.0690. The topological polar surface area (TPSA) is 113 Å². The van der Waals surface area contributed by atoms with E-state index in [2.05, 4.69) is 59.3 Å². The van der Waals surface area contributed by atoms with Gasteiger partial charge in [-0.3, -0.25) is 4.79 Å². The zero-order chi connectivity index (χ0) is 28.2. The summed E-state index contributed by atoms with van der Waals surface area (Å²) >= 11 is 0. The summed E-state index contributed by atoms with van der Waals surface area (Å²) in [6, 6.07) is 9.29. The zero-order valence-corrected chi connectivity index (χ0v) is 23.5. The average Bonchev–Trinajstić information content (AvgIpc) is 3.33. The number of aromatic nitrogens is 3. The molecule has 2 N–H and O–H groups in total. The molecule has 10 heteroatoms. The van der Waals surface area contributed by atoms with Gasteiger partial charge in [-0.2, -0.15) is 0 Å². The monoisotopic (exact) mass is 522 g/mol. The first-order valence-electron chi connectivity index (χ1n) is 12.4. The van der Waals surface area contributed by atoms with Gasteiger partial charge in [0, 0.05) is 30.8 Å². The van der Waals surface area contributed by atoms with Gasteiger partial charge >= 0.3 is 5.97 Å². The predicted molar refractivity (Wildman–Crippen MR) is 148 cm³/mol. The highest BCUT2D eigenvalue weighted by Gasteiger charge is 2.22. The van der Waals surface area contributed by atoms with Gasteiger partial charge in [-0.25, -0.2) is 9.48 Å². The minimum atomic E-state index is -1.17. The molecule has 0 spiro atoms. The summed E-state index contributed by atoms with van der Waals surface area (Å²) in [5.74, 6) is -0.865. The predicted octanol–water partition coefficient (Wildman–Crippen LogP) is 3.83. The molecule has 0 saturated carbocycles. The quantitative estimate of drug-likeness (QED) is 0.413. The number of carboxylic acid groups (broad SMARTS) is 1. The number of benzene rings is 2. The van der Waals surface area contributed by atoms with Crippen molar-refractivity contribution in [1.82, 2.24) is 24.8 Å². The Labute approximate surface area is 224 Å². The van der Waals surface area contributed by atoms with Gasteiger partial charge in [0.2, 0.25) is 0 Å². The van der Waals surface area contributed by atoms with Crippen LogP contribution in [0.1, 0.15) is 58.3 Å². The molecule has 1 aromatic heterocycles. The SMILES string of the molecule is COc1c(CN(C)CCN(C)C)cc(C(C)(C)C)cc1NC(=O)c1ccc(C)c(-n2cc(C(=O)O)nn2)c1. The first-order valence-corrected chi connectivity index (χ1v) is 12.4. The Kier molecular flexibility index (Phi) is 8.90. The van der Waals surface area contributed by atoms with E-state index in [9.17, 15) is 14.7 Å². The summed E-state index contributed by atoms with van der Waals surface area (Å²) in [5, 5.41) is 19.8. The van der Waals surface area contributed by atoms with Crippen molar-refractivity contribution >= 4 is 17.6 Å². The van der Waals surface area contributed by atoms with E-state index < -0.39 is 5.97 Å². The van der Waals surface area contributed by atoms with Gasteiger partial charge in [0.25, 0.3) is 5.91 Å². The van der Waals surface area contributed by atoms with Crippen LogP contribution in [0, 0.1) is 6.92 Å². The smallest absolute Gasteiger partial charge is 0.358 e. The third-order valence-electron chi connectivity index (χ3n) is 6.28. The van der Waals surface area contributed by atoms with E-state index in [0.717, 1.165) is 29.8 Å². The molecule has 0 saturated heterocycles. The number of anilines is 1. The summed E-state index contributed by atoms with van der Waals surface area (Å²) in [6.07, 6.45) is 1.32. The molecule has 3 aromatic rings. The summed E-state index contributed by atoms with van der Waals surface area (Å²) in [7, 11) is 7.78. The minimum Gasteiger partial charge on any atom is -0.494 e. The Morgan fingerprint density at radius 1 is 1.11 bits per heavy atom. The Bertz CT molecular complexity index is 1310. The van der Waals surface area contributed by atoms with Crippen LogP contribution in [0.25, 0.3) is 5.69 Å². The molecule has 0 fully saturated rings. The maximum atomic E-state index is 13.4. The van der Waals surface area contributed by atoms with Crippen LogP contribution >= 0.6 is 0 Å². The van der Waals surface area contributed by atoms with Gasteiger partial charge in [0.1, 0.15) is 5.75 Å². The van der Waals surface area contributed by atoms with Crippen LogP contribution in [0.5, 0.6) is 5.75 Å². The number of amides is 1. The van der Waals surface area contributed by atoms with Crippen molar-refractivity contribution in [2.24, 2.45) is 0 Å². The number of carbonyl (C=O) groups is 2. The number of ether oxygens (including phenoxy) is 1. The van der Waals surface area contributed by atoms with Crippen molar-refractivity contribution in [2.75, 3.05) is 46.7 Å². The number of aryl methyl sites for hydroxylation is 1. The molecule has 0 aliphatic rings. The molecule has 1 amide bonds. The number of hydrogen-bond acceptors (Lipinski definition) is 7. The Morgan fingerprint density at radius 2 is 1.82 bits per heavy atom. The summed E-state index contributed by atoms with van der Waals surface area (Å²) in [5.41, 5.74) is 4.13. The standard InChI is InChI=1S/C28H38N6O4/c1-18-9-10-19(14-24(18)34-17-23(27(36)37)30-31-34)26(35)29-22-15-21(28(2,3)4)13-20(25(22)38-8)16-33(7)12-11-32(5)6/h9-10,13-15,17H,11-12,16H2,1-8H3,(H,29,35)(H,36,37). The van der Waals surface area contributed by atoms with Gasteiger partial charge in [0.15, 0.2) is 5.69 Å². The second-order valence-electron chi connectivity index (χ2n) is 10.8. The van der Waals surface area contributed by atoms with E-state index in [4.69, 9.17) is 4.74 Å². The normalized spacial score (nSPS) is 11.7. The van der Waals surface area contributed by atoms with Crippen LogP contribution in [-0.4, -0.2) is 83.1 Å². The van der Waals surface area contributed by atoms with Crippen molar-refractivity contribution in [1.29, 1.82) is 0 Å². The molecule has 1 heterocycles. The fourth-order valence-electron chi connectivity index (χ4n) is 3.99. The van der Waals surface area contributed by atoms with Crippen LogP contribution in [-0.2, 0) is 12.0 Å². The number of rotatable bonds is 10. The molecule has 38 heavy (non-hydrogen) atoms. The molecule has 10 nitrogen and oxygen atoms in total. The van der Waals surface area contributed by atoms with E-state index in [1.54, 1.807) is 25.3 Å². The van der Waals surface area contributed by atoms with E-state index in [-0.39, 0.29) is 17.0 Å². The van der Waals surface area contributed by atoms with Crippen molar-refractivity contribution < 1.29 is 19.4 Å². The highest BCUT2D eigenvalue weighted by Crippen LogP contribution is 2.36. The summed E-state index contributed by atoms with van der Waals surface area (Å²) in [4.78, 5) is 29.0. The molecular formula is C28H38N6O4. The van der Waals surface area contributed by atoms with Gasteiger partial charge in [-0.15, -0.1) is 5.10 Å². The van der Waals surface area contributed by atoms with Crippen LogP contribution in [0.2, 0.25) is 0 Å². The summed E-state index contributed by atoms with van der Waals surface area (Å²) in [6.45, 7) is 10.7. The number of likely N-dealkylation sites (N-methyl/N-ethyl adjacent to an activating group) is 2. The Hall–Kier alpha value is -3.76. The molecule has 3 rings (SSSR count). The maximum Gasteiger partial charge on any atom is 0.358 e. The van der Waals surface area contributed by atoms with Crippen molar-refractivity contribution in [3.8, 4) is 11.4 Å². The first kappa shape index (κ1) is 28.8. The number of carboxylic acids is 1. The van der Waals surface area contributed by atoms with E-state index in [1.165, 1.54) is 10.9 Å². The number of aromatic carboxylic acids is 1. The fourth-order valence-corrected chi connectivity index (χ4v) is 3.99. The Morgan fingerprint density at radius 3 is 2.39 bits per heavy atom. The van der Waals surface area contributed by atoms with Crippen molar-refractivity contribution in [3.63, 3.8) is 0 Å². The van der Waals surface area contributed by atoms with E-state index >= 15 is 0 Å². The van der Waals surface area contributed by atoms with Gasteiger partial charge in [0.05, 0.1) is 24.7 Å². The number of methoxy groups -OCH3 is 1. The second kappa shape index (κ2) is 11.7. The molecule has 0 atom stereocenters.